The lowest BCUT2D eigenvalue weighted by Gasteiger charge is -2.06. The third kappa shape index (κ3) is 3.01. The summed E-state index contributed by atoms with van der Waals surface area (Å²) in [6, 6.07) is 1.82. The van der Waals surface area contributed by atoms with Crippen LogP contribution in [0, 0.1) is 5.82 Å². The van der Waals surface area contributed by atoms with Crippen molar-refractivity contribution in [2.45, 2.75) is 0 Å². The molecule has 0 aliphatic carbocycles. The van der Waals surface area contributed by atoms with Gasteiger partial charge in [0.1, 0.15) is 5.82 Å². The first-order valence-electron chi connectivity index (χ1n) is 3.33. The highest BCUT2D eigenvalue weighted by Crippen LogP contribution is 2.34. The van der Waals surface area contributed by atoms with Crippen molar-refractivity contribution >= 4 is 33.3 Å². The van der Waals surface area contributed by atoms with Crippen LogP contribution in [0.15, 0.2) is 12.1 Å². The van der Waals surface area contributed by atoms with Crippen molar-refractivity contribution in [3.05, 3.63) is 28.0 Å². The van der Waals surface area contributed by atoms with Gasteiger partial charge in [0.2, 0.25) is 0 Å². The zero-order chi connectivity index (χ0) is 10.9. The Morgan fingerprint density at radius 1 is 1.29 bits per heavy atom. The van der Waals surface area contributed by atoms with E-state index in [1.165, 1.54) is 0 Å². The number of benzene rings is 1. The second-order valence-electron chi connectivity index (χ2n) is 2.49. The molecule has 0 unspecified atom stereocenters. The van der Waals surface area contributed by atoms with E-state index in [0.29, 0.717) is 0 Å². The topological polar surface area (TPSA) is 43.4 Å². The molecule has 0 N–H and O–H groups in total. The van der Waals surface area contributed by atoms with E-state index in [2.05, 4.69) is 4.18 Å². The maximum atomic E-state index is 12.7. The lowest BCUT2D eigenvalue weighted by atomic mass is 10.3. The summed E-state index contributed by atoms with van der Waals surface area (Å²) in [6.07, 6.45) is 0.836. The molecule has 14 heavy (non-hydrogen) atoms. The lowest BCUT2D eigenvalue weighted by molar-refractivity contribution is 0.492. The summed E-state index contributed by atoms with van der Waals surface area (Å²) >= 11 is 11.1. The zero-order valence-electron chi connectivity index (χ0n) is 6.92. The summed E-state index contributed by atoms with van der Waals surface area (Å²) in [6.45, 7) is 0. The molecule has 0 bridgehead atoms. The summed E-state index contributed by atoms with van der Waals surface area (Å²) in [5.41, 5.74) is 0. The molecule has 0 saturated carbocycles. The van der Waals surface area contributed by atoms with Crippen LogP contribution in [0.25, 0.3) is 0 Å². The van der Waals surface area contributed by atoms with E-state index in [9.17, 15) is 12.8 Å². The zero-order valence-corrected chi connectivity index (χ0v) is 9.25. The molecule has 0 spiro atoms. The van der Waals surface area contributed by atoms with Gasteiger partial charge in [-0.2, -0.15) is 8.42 Å². The summed E-state index contributed by atoms with van der Waals surface area (Å²) in [5, 5.41) is -0.388. The normalized spacial score (nSPS) is 11.4. The van der Waals surface area contributed by atoms with Crippen LogP contribution in [-0.2, 0) is 10.1 Å². The Balaban J connectivity index is 3.22. The molecular weight excluding hydrogens is 254 g/mol. The molecule has 0 saturated heterocycles. The van der Waals surface area contributed by atoms with Crippen LogP contribution in [0.2, 0.25) is 10.0 Å². The molecular formula is C7H5Cl2FO3S. The lowest BCUT2D eigenvalue weighted by Crippen LogP contribution is -2.06. The van der Waals surface area contributed by atoms with Gasteiger partial charge in [-0.1, -0.05) is 23.2 Å². The Hall–Kier alpha value is -0.520. The van der Waals surface area contributed by atoms with Crippen molar-refractivity contribution < 1.29 is 17.0 Å². The first kappa shape index (κ1) is 11.6. The molecule has 78 valence electrons. The van der Waals surface area contributed by atoms with E-state index >= 15 is 0 Å². The fraction of sp³-hybridized carbons (Fsp3) is 0.143. The second kappa shape index (κ2) is 3.92. The van der Waals surface area contributed by atoms with E-state index in [4.69, 9.17) is 23.2 Å². The van der Waals surface area contributed by atoms with Gasteiger partial charge in [0.15, 0.2) is 5.75 Å². The average Bonchev–Trinajstić information content (AvgIpc) is 1.95. The highest BCUT2D eigenvalue weighted by atomic mass is 35.5. The molecule has 0 aliphatic rings. The molecule has 1 aromatic carbocycles. The number of hydrogen-bond donors (Lipinski definition) is 0. The van der Waals surface area contributed by atoms with Crippen LogP contribution in [0.3, 0.4) is 0 Å². The van der Waals surface area contributed by atoms with Gasteiger partial charge < -0.3 is 4.18 Å². The predicted molar refractivity (Wildman–Crippen MR) is 51.9 cm³/mol. The Bertz CT molecular complexity index is 435. The van der Waals surface area contributed by atoms with Crippen LogP contribution in [0.5, 0.6) is 5.75 Å². The molecule has 0 atom stereocenters. The van der Waals surface area contributed by atoms with Crippen LogP contribution in [0.4, 0.5) is 4.39 Å². The standard InChI is InChI=1S/C7H5Cl2FO3S/c1-14(11,12)13-7-5(8)2-4(10)3-6(7)9/h2-3H,1H3. The highest BCUT2D eigenvalue weighted by molar-refractivity contribution is 7.86. The summed E-state index contributed by atoms with van der Waals surface area (Å²) < 4.78 is 38.6. The maximum Gasteiger partial charge on any atom is 0.306 e. The van der Waals surface area contributed by atoms with Crippen molar-refractivity contribution in [3.63, 3.8) is 0 Å². The van der Waals surface area contributed by atoms with E-state index in [1.807, 2.05) is 0 Å². The number of rotatable bonds is 2. The molecule has 1 rings (SSSR count). The summed E-state index contributed by atoms with van der Waals surface area (Å²) in [7, 11) is -3.73. The summed E-state index contributed by atoms with van der Waals surface area (Å²) in [4.78, 5) is 0. The highest BCUT2D eigenvalue weighted by Gasteiger charge is 2.14. The minimum absolute atomic E-state index is 0.194. The fourth-order valence-electron chi connectivity index (χ4n) is 0.760. The first-order chi connectivity index (χ1) is 6.29. The van der Waals surface area contributed by atoms with E-state index in [-0.39, 0.29) is 15.8 Å². The molecule has 0 aliphatic heterocycles. The molecule has 0 aromatic heterocycles. The second-order valence-corrected chi connectivity index (χ2v) is 4.88. The summed E-state index contributed by atoms with van der Waals surface area (Å²) in [5.74, 6) is -0.932. The predicted octanol–water partition coefficient (Wildman–Crippen LogP) is 2.47. The van der Waals surface area contributed by atoms with Gasteiger partial charge in [-0.15, -0.1) is 0 Å². The third-order valence-electron chi connectivity index (χ3n) is 1.20. The van der Waals surface area contributed by atoms with Crippen LogP contribution in [0.1, 0.15) is 0 Å². The van der Waals surface area contributed by atoms with Gasteiger partial charge in [-0.25, -0.2) is 4.39 Å². The molecule has 0 fully saturated rings. The van der Waals surface area contributed by atoms with Crippen molar-refractivity contribution in [2.24, 2.45) is 0 Å². The van der Waals surface area contributed by atoms with Gasteiger partial charge in [-0.05, 0) is 12.1 Å². The number of halogens is 3. The van der Waals surface area contributed by atoms with Gasteiger partial charge in [0.05, 0.1) is 16.3 Å². The minimum Gasteiger partial charge on any atom is -0.379 e. The van der Waals surface area contributed by atoms with Crippen LogP contribution in [-0.4, -0.2) is 14.7 Å². The quantitative estimate of drug-likeness (QED) is 0.766. The van der Waals surface area contributed by atoms with E-state index in [0.717, 1.165) is 18.4 Å². The third-order valence-corrected chi connectivity index (χ3v) is 2.23. The molecule has 0 radical (unpaired) electrons. The maximum absolute atomic E-state index is 12.7. The van der Waals surface area contributed by atoms with Crippen molar-refractivity contribution in [3.8, 4) is 5.75 Å². The molecule has 3 nitrogen and oxygen atoms in total. The monoisotopic (exact) mass is 258 g/mol. The molecule has 0 amide bonds. The van der Waals surface area contributed by atoms with E-state index in [1.54, 1.807) is 0 Å². The van der Waals surface area contributed by atoms with Crippen molar-refractivity contribution in [1.82, 2.24) is 0 Å². The minimum atomic E-state index is -3.73. The van der Waals surface area contributed by atoms with E-state index < -0.39 is 15.9 Å². The molecule has 1 aromatic rings. The molecule has 0 heterocycles. The number of hydrogen-bond acceptors (Lipinski definition) is 3. The van der Waals surface area contributed by atoms with Gasteiger partial charge >= 0.3 is 10.1 Å². The van der Waals surface area contributed by atoms with Gasteiger partial charge in [-0.3, -0.25) is 0 Å². The Labute approximate surface area is 90.5 Å². The average molecular weight is 259 g/mol. The fourth-order valence-corrected chi connectivity index (χ4v) is 1.87. The van der Waals surface area contributed by atoms with Gasteiger partial charge in [0.25, 0.3) is 0 Å². The Morgan fingerprint density at radius 2 is 1.71 bits per heavy atom. The largest absolute Gasteiger partial charge is 0.379 e. The van der Waals surface area contributed by atoms with Crippen molar-refractivity contribution in [1.29, 1.82) is 0 Å². The molecule has 7 heteroatoms. The smallest absolute Gasteiger partial charge is 0.306 e. The first-order valence-corrected chi connectivity index (χ1v) is 5.91. The van der Waals surface area contributed by atoms with Crippen molar-refractivity contribution in [2.75, 3.05) is 6.26 Å². The van der Waals surface area contributed by atoms with Crippen LogP contribution >= 0.6 is 23.2 Å². The SMILES string of the molecule is CS(=O)(=O)Oc1c(Cl)cc(F)cc1Cl. The van der Waals surface area contributed by atoms with Gasteiger partial charge in [0, 0.05) is 0 Å². The Morgan fingerprint density at radius 3 is 2.07 bits per heavy atom. The Kier molecular flexibility index (Phi) is 3.24. The van der Waals surface area contributed by atoms with Crippen LogP contribution < -0.4 is 4.18 Å².